The lowest BCUT2D eigenvalue weighted by Gasteiger charge is -2.49. The molecular formula is C52H40O2. The van der Waals surface area contributed by atoms with E-state index in [0.29, 0.717) is 22.3 Å². The normalized spacial score (nSPS) is 17.4. The Balaban J connectivity index is 1.58. The topological polar surface area (TPSA) is 40.5 Å². The average molecular weight is 697 g/mol. The Morgan fingerprint density at radius 2 is 0.500 bits per heavy atom. The van der Waals surface area contributed by atoms with Crippen molar-refractivity contribution in [1.82, 2.24) is 0 Å². The Morgan fingerprint density at radius 1 is 0.278 bits per heavy atom. The number of hydrogen-bond acceptors (Lipinski definition) is 2. The van der Waals surface area contributed by atoms with Crippen LogP contribution in [-0.4, -0.2) is 10.2 Å². The minimum Gasteiger partial charge on any atom is -0.376 e. The number of aliphatic hydroxyl groups is 2. The number of hydrogen-bond donors (Lipinski definition) is 2. The molecular weight excluding hydrogens is 657 g/mol. The van der Waals surface area contributed by atoms with Crippen molar-refractivity contribution < 1.29 is 10.2 Å². The molecule has 8 aromatic carbocycles. The predicted octanol–water partition coefficient (Wildman–Crippen LogP) is 11.9. The molecule has 0 atom stereocenters. The van der Waals surface area contributed by atoms with Gasteiger partial charge in [0.2, 0.25) is 0 Å². The van der Waals surface area contributed by atoms with Gasteiger partial charge in [0.05, 0.1) is 0 Å². The van der Waals surface area contributed by atoms with Crippen LogP contribution >= 0.6 is 0 Å². The highest BCUT2D eigenvalue weighted by Gasteiger charge is 2.55. The molecule has 0 heterocycles. The first kappa shape index (κ1) is 33.5. The predicted molar refractivity (Wildman–Crippen MR) is 221 cm³/mol. The average Bonchev–Trinajstić information content (AvgIpc) is 3.23. The van der Waals surface area contributed by atoms with Gasteiger partial charge in [0.25, 0.3) is 0 Å². The largest absolute Gasteiger partial charge is 0.376 e. The lowest BCUT2D eigenvalue weighted by molar-refractivity contribution is 0.0766. The van der Waals surface area contributed by atoms with Gasteiger partial charge in [-0.3, -0.25) is 0 Å². The highest BCUT2D eigenvalue weighted by Crippen LogP contribution is 2.61. The van der Waals surface area contributed by atoms with E-state index in [-0.39, 0.29) is 0 Å². The Bertz CT molecular complexity index is 2270. The van der Waals surface area contributed by atoms with Crippen LogP contribution in [0.5, 0.6) is 0 Å². The first-order valence-corrected chi connectivity index (χ1v) is 18.6. The van der Waals surface area contributed by atoms with Gasteiger partial charge in [-0.2, -0.15) is 0 Å². The fourth-order valence-corrected chi connectivity index (χ4v) is 8.56. The second-order valence-corrected chi connectivity index (χ2v) is 14.4. The van der Waals surface area contributed by atoms with Gasteiger partial charge in [-0.1, -0.05) is 205 Å². The van der Waals surface area contributed by atoms with E-state index < -0.39 is 11.2 Å². The van der Waals surface area contributed by atoms with E-state index in [1.165, 1.54) is 0 Å². The number of aryl methyl sites for hydroxylation is 2. The lowest BCUT2D eigenvalue weighted by atomic mass is 9.58. The van der Waals surface area contributed by atoms with Crippen LogP contribution in [0.2, 0.25) is 0 Å². The molecule has 9 rings (SSSR count). The maximum Gasteiger partial charge on any atom is 0.142 e. The molecule has 260 valence electrons. The van der Waals surface area contributed by atoms with Crippen molar-refractivity contribution in [2.24, 2.45) is 0 Å². The van der Waals surface area contributed by atoms with Crippen LogP contribution in [0.3, 0.4) is 0 Å². The van der Waals surface area contributed by atoms with Crippen LogP contribution in [0.25, 0.3) is 44.5 Å². The van der Waals surface area contributed by atoms with Crippen LogP contribution in [-0.2, 0) is 11.2 Å². The third kappa shape index (κ3) is 5.26. The van der Waals surface area contributed by atoms with Crippen LogP contribution in [0.4, 0.5) is 0 Å². The Morgan fingerprint density at radius 3 is 0.722 bits per heavy atom. The number of fused-ring (bicyclic) bond motifs is 2. The molecule has 0 saturated carbocycles. The quantitative estimate of drug-likeness (QED) is 0.182. The molecule has 0 aliphatic heterocycles. The number of rotatable bonds is 6. The summed E-state index contributed by atoms with van der Waals surface area (Å²) in [5.74, 6) is 0. The third-order valence-corrected chi connectivity index (χ3v) is 11.1. The summed E-state index contributed by atoms with van der Waals surface area (Å²) in [5, 5.41) is 29.0. The van der Waals surface area contributed by atoms with Crippen LogP contribution < -0.4 is 0 Å². The highest BCUT2D eigenvalue weighted by atomic mass is 16.3. The highest BCUT2D eigenvalue weighted by molar-refractivity contribution is 5.91. The van der Waals surface area contributed by atoms with E-state index in [4.69, 9.17) is 0 Å². The first-order chi connectivity index (χ1) is 26.4. The van der Waals surface area contributed by atoms with Crippen LogP contribution in [0, 0.1) is 13.8 Å². The summed E-state index contributed by atoms with van der Waals surface area (Å²) in [5.41, 5.74) is 10.1. The van der Waals surface area contributed by atoms with Crippen LogP contribution in [0.15, 0.2) is 194 Å². The van der Waals surface area contributed by atoms with Gasteiger partial charge in [0.1, 0.15) is 11.2 Å². The number of benzene rings is 8. The van der Waals surface area contributed by atoms with E-state index in [2.05, 4.69) is 111 Å². The molecule has 8 aromatic rings. The maximum atomic E-state index is 14.5. The molecule has 1 aliphatic carbocycles. The van der Waals surface area contributed by atoms with E-state index in [1.807, 2.05) is 97.1 Å². The second kappa shape index (κ2) is 13.3. The molecule has 0 fully saturated rings. The molecule has 0 spiro atoms. The molecule has 0 radical (unpaired) electrons. The van der Waals surface area contributed by atoms with Gasteiger partial charge >= 0.3 is 0 Å². The fourth-order valence-electron chi connectivity index (χ4n) is 8.56. The summed E-state index contributed by atoms with van der Waals surface area (Å²) < 4.78 is 0. The molecule has 1 aliphatic rings. The smallest absolute Gasteiger partial charge is 0.142 e. The van der Waals surface area contributed by atoms with E-state index in [1.54, 1.807) is 0 Å². The minimum atomic E-state index is -1.72. The van der Waals surface area contributed by atoms with Crippen molar-refractivity contribution in [2.45, 2.75) is 25.0 Å². The zero-order chi connectivity index (χ0) is 36.9. The Hall–Kier alpha value is -6.32. The maximum absolute atomic E-state index is 14.5. The van der Waals surface area contributed by atoms with Crippen molar-refractivity contribution >= 4 is 0 Å². The molecule has 2 nitrogen and oxygen atoms in total. The SMILES string of the molecule is Cc1ccc(C2(O)c3c(-c4ccccc4)ccc(-c4ccccc4)c3C(O)(c3ccc(C)cc3)c3c(-c4ccccc4)ccc(-c4ccccc4)c32)cc1. The summed E-state index contributed by atoms with van der Waals surface area (Å²) in [6.45, 7) is 4.14. The molecule has 0 saturated heterocycles. The van der Waals surface area contributed by atoms with Gasteiger partial charge < -0.3 is 10.2 Å². The molecule has 2 N–H and O–H groups in total. The monoisotopic (exact) mass is 696 g/mol. The van der Waals surface area contributed by atoms with E-state index in [9.17, 15) is 10.2 Å². The summed E-state index contributed by atoms with van der Waals surface area (Å²) >= 11 is 0. The standard InChI is InChI=1S/C52H40O2/c1-35-23-27-41(28-24-35)51(53)47-43(37-15-7-3-8-16-37)31-33-45(39-19-11-5-12-20-39)49(47)52(54,42-29-25-36(2)26-30-42)50-46(40-21-13-6-14-22-40)34-32-44(48(50)51)38-17-9-4-10-18-38/h3-34,53-54H,1-2H3. The van der Waals surface area contributed by atoms with Crippen molar-refractivity contribution in [3.8, 4) is 44.5 Å². The molecule has 54 heavy (non-hydrogen) atoms. The van der Waals surface area contributed by atoms with Gasteiger partial charge in [-0.15, -0.1) is 0 Å². The summed E-state index contributed by atoms with van der Waals surface area (Å²) in [6.07, 6.45) is 0. The second-order valence-electron chi connectivity index (χ2n) is 14.4. The summed E-state index contributed by atoms with van der Waals surface area (Å²) in [4.78, 5) is 0. The summed E-state index contributed by atoms with van der Waals surface area (Å²) in [7, 11) is 0. The van der Waals surface area contributed by atoms with Crippen molar-refractivity contribution in [2.75, 3.05) is 0 Å². The molecule has 2 heteroatoms. The molecule has 0 unspecified atom stereocenters. The van der Waals surface area contributed by atoms with Crippen LogP contribution in [0.1, 0.15) is 44.5 Å². The van der Waals surface area contributed by atoms with Crippen molar-refractivity contribution in [3.63, 3.8) is 0 Å². The fraction of sp³-hybridized carbons (Fsp3) is 0.0769. The minimum absolute atomic E-state index is 0.664. The van der Waals surface area contributed by atoms with Gasteiger partial charge in [0.15, 0.2) is 0 Å². The molecule has 0 bridgehead atoms. The van der Waals surface area contributed by atoms with E-state index in [0.717, 1.165) is 66.8 Å². The Kier molecular flexibility index (Phi) is 8.23. The first-order valence-electron chi connectivity index (χ1n) is 18.6. The summed E-state index contributed by atoms with van der Waals surface area (Å²) in [6, 6.07) is 66.0. The van der Waals surface area contributed by atoms with Gasteiger partial charge in [-0.05, 0) is 69.5 Å². The van der Waals surface area contributed by atoms with Gasteiger partial charge in [0, 0.05) is 22.3 Å². The van der Waals surface area contributed by atoms with Gasteiger partial charge in [-0.25, -0.2) is 0 Å². The molecule has 0 aromatic heterocycles. The van der Waals surface area contributed by atoms with E-state index >= 15 is 0 Å². The van der Waals surface area contributed by atoms with Crippen molar-refractivity contribution in [1.29, 1.82) is 0 Å². The third-order valence-electron chi connectivity index (χ3n) is 11.1. The zero-order valence-corrected chi connectivity index (χ0v) is 30.4. The molecule has 0 amide bonds. The zero-order valence-electron chi connectivity index (χ0n) is 30.4. The lowest BCUT2D eigenvalue weighted by Crippen LogP contribution is -2.46. The van der Waals surface area contributed by atoms with Crippen molar-refractivity contribution in [3.05, 3.63) is 239 Å². The Labute approximate surface area is 317 Å².